The van der Waals surface area contributed by atoms with Crippen molar-refractivity contribution in [2.75, 3.05) is 13.6 Å². The highest BCUT2D eigenvalue weighted by atomic mass is 16.2. The van der Waals surface area contributed by atoms with Gasteiger partial charge in [0.1, 0.15) is 0 Å². The predicted octanol–water partition coefficient (Wildman–Crippen LogP) is 2.41. The number of likely N-dealkylation sites (N-methyl/N-ethyl adjacent to an activating group) is 1. The Morgan fingerprint density at radius 1 is 1.24 bits per heavy atom. The topological polar surface area (TPSA) is 32.3 Å². The zero-order valence-electron chi connectivity index (χ0n) is 12.3. The molecular formula is C14H28N2O. The summed E-state index contributed by atoms with van der Waals surface area (Å²) in [5, 5.41) is 3.39. The summed E-state index contributed by atoms with van der Waals surface area (Å²) in [7, 11) is 1.92. The molecule has 0 bridgehead atoms. The molecule has 0 radical (unpaired) electrons. The lowest BCUT2D eigenvalue weighted by Gasteiger charge is -2.33. The van der Waals surface area contributed by atoms with Gasteiger partial charge in [-0.1, -0.05) is 20.8 Å². The van der Waals surface area contributed by atoms with Crippen molar-refractivity contribution in [1.29, 1.82) is 0 Å². The van der Waals surface area contributed by atoms with Gasteiger partial charge in [0.25, 0.3) is 0 Å². The molecule has 17 heavy (non-hydrogen) atoms. The van der Waals surface area contributed by atoms with Crippen LogP contribution in [0.15, 0.2) is 0 Å². The van der Waals surface area contributed by atoms with Gasteiger partial charge >= 0.3 is 0 Å². The molecule has 0 heterocycles. The Bertz CT molecular complexity index is 274. The quantitative estimate of drug-likeness (QED) is 0.800. The summed E-state index contributed by atoms with van der Waals surface area (Å²) in [6.45, 7) is 11.5. The lowest BCUT2D eigenvalue weighted by atomic mass is 9.82. The third-order valence-electron chi connectivity index (χ3n) is 3.18. The van der Waals surface area contributed by atoms with Crippen LogP contribution in [-0.4, -0.2) is 36.0 Å². The monoisotopic (exact) mass is 240 g/mol. The molecule has 0 aromatic carbocycles. The molecule has 0 aliphatic heterocycles. The van der Waals surface area contributed by atoms with E-state index in [0.717, 1.165) is 6.42 Å². The van der Waals surface area contributed by atoms with Crippen molar-refractivity contribution in [2.45, 2.75) is 65.5 Å². The molecule has 0 aromatic heterocycles. The van der Waals surface area contributed by atoms with Crippen LogP contribution >= 0.6 is 0 Å². The fraction of sp³-hybridized carbons (Fsp3) is 0.929. The van der Waals surface area contributed by atoms with Crippen molar-refractivity contribution in [3.05, 3.63) is 0 Å². The second kappa shape index (κ2) is 4.97. The summed E-state index contributed by atoms with van der Waals surface area (Å²) in [5.74, 6) is 0.217. The molecule has 0 atom stereocenters. The second-order valence-corrected chi connectivity index (χ2v) is 7.21. The Kier molecular flexibility index (Phi) is 4.23. The molecule has 0 aromatic rings. The number of nitrogens with one attached hydrogen (secondary N) is 1. The molecule has 1 rings (SSSR count). The number of hydrogen-bond donors (Lipinski definition) is 1. The zero-order chi connectivity index (χ0) is 13.3. The van der Waals surface area contributed by atoms with Gasteiger partial charge in [-0.15, -0.1) is 0 Å². The molecule has 1 aliphatic carbocycles. The Hall–Kier alpha value is -0.570. The van der Waals surface area contributed by atoms with E-state index < -0.39 is 0 Å². The van der Waals surface area contributed by atoms with E-state index in [0.29, 0.717) is 12.6 Å². The Balaban J connectivity index is 2.35. The number of nitrogens with zero attached hydrogens (tertiary/aromatic N) is 1. The van der Waals surface area contributed by atoms with E-state index in [4.69, 9.17) is 0 Å². The minimum absolute atomic E-state index is 0.0122. The highest BCUT2D eigenvalue weighted by molar-refractivity contribution is 5.78. The van der Waals surface area contributed by atoms with Crippen molar-refractivity contribution < 1.29 is 4.79 Å². The van der Waals surface area contributed by atoms with Gasteiger partial charge in [0, 0.05) is 18.6 Å². The average Bonchev–Trinajstić information content (AvgIpc) is 2.92. The molecule has 1 aliphatic rings. The highest BCUT2D eigenvalue weighted by Gasteiger charge is 2.31. The lowest BCUT2D eigenvalue weighted by molar-refractivity contribution is -0.129. The van der Waals surface area contributed by atoms with Crippen LogP contribution in [0.1, 0.15) is 53.9 Å². The van der Waals surface area contributed by atoms with Crippen LogP contribution in [0.25, 0.3) is 0 Å². The van der Waals surface area contributed by atoms with Crippen molar-refractivity contribution in [2.24, 2.45) is 5.41 Å². The number of rotatable bonds is 5. The number of amides is 1. The smallest absolute Gasteiger partial charge is 0.236 e. The van der Waals surface area contributed by atoms with Crippen molar-refractivity contribution in [3.8, 4) is 0 Å². The third kappa shape index (κ3) is 5.53. The number of carbonyl (C=O) groups excluding carboxylic acids is 1. The molecular weight excluding hydrogens is 212 g/mol. The first-order valence-electron chi connectivity index (χ1n) is 6.61. The molecule has 1 N–H and O–H groups in total. The summed E-state index contributed by atoms with van der Waals surface area (Å²) >= 11 is 0. The first kappa shape index (κ1) is 14.5. The van der Waals surface area contributed by atoms with Crippen LogP contribution in [0, 0.1) is 5.41 Å². The summed E-state index contributed by atoms with van der Waals surface area (Å²) in [4.78, 5) is 13.8. The normalized spacial score (nSPS) is 17.1. The first-order valence-corrected chi connectivity index (χ1v) is 6.61. The first-order chi connectivity index (χ1) is 7.61. The van der Waals surface area contributed by atoms with Crippen molar-refractivity contribution in [3.63, 3.8) is 0 Å². The average molecular weight is 240 g/mol. The molecule has 0 spiro atoms. The van der Waals surface area contributed by atoms with Gasteiger partial charge in [0.2, 0.25) is 5.91 Å². The summed E-state index contributed by atoms with van der Waals surface area (Å²) < 4.78 is 0. The van der Waals surface area contributed by atoms with Gasteiger partial charge in [-0.25, -0.2) is 0 Å². The van der Waals surface area contributed by atoms with Gasteiger partial charge < -0.3 is 10.2 Å². The van der Waals surface area contributed by atoms with E-state index in [2.05, 4.69) is 39.9 Å². The van der Waals surface area contributed by atoms with Gasteiger partial charge in [-0.05, 0) is 38.5 Å². The molecule has 1 fully saturated rings. The van der Waals surface area contributed by atoms with Gasteiger partial charge in [-0.3, -0.25) is 4.79 Å². The van der Waals surface area contributed by atoms with Crippen molar-refractivity contribution >= 4 is 5.91 Å². The largest absolute Gasteiger partial charge is 0.342 e. The maximum atomic E-state index is 11.9. The maximum Gasteiger partial charge on any atom is 0.236 e. The summed E-state index contributed by atoms with van der Waals surface area (Å²) in [5.41, 5.74) is 0.292. The SMILES string of the molecule is CN(C(=O)CNC(C)(C)CC(C)(C)C)C1CC1. The molecule has 0 saturated heterocycles. The minimum atomic E-state index is 0.0122. The molecule has 1 saturated carbocycles. The molecule has 100 valence electrons. The van der Waals surface area contributed by atoms with Crippen LogP contribution in [0.2, 0.25) is 0 Å². The van der Waals surface area contributed by atoms with Crippen LogP contribution < -0.4 is 5.32 Å². The van der Waals surface area contributed by atoms with E-state index in [1.54, 1.807) is 0 Å². The van der Waals surface area contributed by atoms with Crippen molar-refractivity contribution in [1.82, 2.24) is 10.2 Å². The second-order valence-electron chi connectivity index (χ2n) is 7.21. The predicted molar refractivity (Wildman–Crippen MR) is 71.9 cm³/mol. The van der Waals surface area contributed by atoms with Crippen LogP contribution in [-0.2, 0) is 4.79 Å². The lowest BCUT2D eigenvalue weighted by Crippen LogP contribution is -2.47. The van der Waals surface area contributed by atoms with Crippen LogP contribution in [0.4, 0.5) is 0 Å². The third-order valence-corrected chi connectivity index (χ3v) is 3.18. The van der Waals surface area contributed by atoms with E-state index >= 15 is 0 Å². The van der Waals surface area contributed by atoms with Gasteiger partial charge in [0.15, 0.2) is 0 Å². The fourth-order valence-corrected chi connectivity index (χ4v) is 2.49. The molecule has 3 nitrogen and oxygen atoms in total. The van der Waals surface area contributed by atoms with Gasteiger partial charge in [-0.2, -0.15) is 0 Å². The maximum absolute atomic E-state index is 11.9. The molecule has 0 unspecified atom stereocenters. The molecule has 1 amide bonds. The van der Waals surface area contributed by atoms with Crippen LogP contribution in [0.3, 0.4) is 0 Å². The molecule has 3 heteroatoms. The Labute approximate surface area is 106 Å². The summed E-state index contributed by atoms with van der Waals surface area (Å²) in [6, 6.07) is 0.509. The van der Waals surface area contributed by atoms with Gasteiger partial charge in [0.05, 0.1) is 6.54 Å². The minimum Gasteiger partial charge on any atom is -0.342 e. The van der Waals surface area contributed by atoms with E-state index in [1.165, 1.54) is 12.8 Å². The Morgan fingerprint density at radius 2 is 1.76 bits per heavy atom. The van der Waals surface area contributed by atoms with E-state index in [1.807, 2.05) is 11.9 Å². The number of hydrogen-bond acceptors (Lipinski definition) is 2. The Morgan fingerprint density at radius 3 is 2.18 bits per heavy atom. The van der Waals surface area contributed by atoms with E-state index in [9.17, 15) is 4.79 Å². The highest BCUT2D eigenvalue weighted by Crippen LogP contribution is 2.27. The summed E-state index contributed by atoms with van der Waals surface area (Å²) in [6.07, 6.45) is 3.40. The standard InChI is InChI=1S/C14H28N2O/c1-13(2,3)10-14(4,5)15-9-12(17)16(6)11-7-8-11/h11,15H,7-10H2,1-6H3. The number of carbonyl (C=O) groups is 1. The fourth-order valence-electron chi connectivity index (χ4n) is 2.49. The zero-order valence-corrected chi connectivity index (χ0v) is 12.3. The van der Waals surface area contributed by atoms with E-state index in [-0.39, 0.29) is 16.9 Å². The van der Waals surface area contributed by atoms with Crippen LogP contribution in [0.5, 0.6) is 0 Å².